The average molecular weight is 332 g/mol. The minimum atomic E-state index is 0.629. The third kappa shape index (κ3) is 3.68. The van der Waals surface area contributed by atoms with E-state index in [1.807, 2.05) is 30.5 Å². The van der Waals surface area contributed by atoms with Crippen LogP contribution in [0.2, 0.25) is 0 Å². The van der Waals surface area contributed by atoms with Gasteiger partial charge < -0.3 is 16.0 Å². The topological polar surface area (TPSA) is 66.7 Å². The number of anilines is 2. The van der Waals surface area contributed by atoms with Crippen LogP contribution in [-0.4, -0.2) is 16.0 Å². The van der Waals surface area contributed by atoms with Crippen molar-refractivity contribution >= 4 is 11.4 Å². The van der Waals surface area contributed by atoms with Gasteiger partial charge in [-0.05, 0) is 54.8 Å². The van der Waals surface area contributed by atoms with E-state index in [1.54, 1.807) is 0 Å². The van der Waals surface area contributed by atoms with Crippen molar-refractivity contribution in [1.82, 2.24) is 9.97 Å². The van der Waals surface area contributed by atoms with Crippen LogP contribution in [0.4, 0.5) is 11.4 Å². The number of aromatic amines is 1. The minimum Gasteiger partial charge on any atom is -0.399 e. The molecule has 0 unspecified atom stereocenters. The first-order chi connectivity index (χ1) is 12.3. The van der Waals surface area contributed by atoms with E-state index in [9.17, 15) is 0 Å². The highest BCUT2D eigenvalue weighted by Gasteiger charge is 2.13. The number of aromatic nitrogens is 2. The molecule has 0 atom stereocenters. The molecule has 3 aromatic rings. The first-order valence-corrected chi connectivity index (χ1v) is 9.06. The molecule has 128 valence electrons. The monoisotopic (exact) mass is 332 g/mol. The Hall–Kier alpha value is -2.75. The fraction of sp³-hybridized carbons (Fsp3) is 0.286. The summed E-state index contributed by atoms with van der Waals surface area (Å²) in [5, 5.41) is 3.66. The fourth-order valence-corrected chi connectivity index (χ4v) is 3.48. The van der Waals surface area contributed by atoms with E-state index in [4.69, 9.17) is 5.73 Å². The predicted octanol–water partition coefficient (Wildman–Crippen LogP) is 5.07. The van der Waals surface area contributed by atoms with Gasteiger partial charge in [0.25, 0.3) is 0 Å². The first-order valence-electron chi connectivity index (χ1n) is 9.06. The largest absolute Gasteiger partial charge is 0.399 e. The smallest absolute Gasteiger partial charge is 0.137 e. The van der Waals surface area contributed by atoms with Gasteiger partial charge in [-0.15, -0.1) is 0 Å². The van der Waals surface area contributed by atoms with Gasteiger partial charge >= 0.3 is 0 Å². The number of H-pyrrole nitrogens is 1. The molecule has 1 saturated carbocycles. The SMILES string of the molecule is Nc1ccc(-c2ncc(-c3ccc(NC4CCCCC4)cc3)[nH]2)cc1. The third-order valence-corrected chi connectivity index (χ3v) is 4.93. The van der Waals surface area contributed by atoms with E-state index >= 15 is 0 Å². The molecule has 1 aliphatic carbocycles. The Kier molecular flexibility index (Phi) is 4.42. The molecular weight excluding hydrogens is 308 g/mol. The summed E-state index contributed by atoms with van der Waals surface area (Å²) in [6, 6.07) is 17.0. The molecule has 1 fully saturated rings. The molecule has 1 aromatic heterocycles. The standard InChI is InChI=1S/C21H24N4/c22-17-10-6-16(7-11-17)21-23-14-20(25-21)15-8-12-19(13-9-15)24-18-4-2-1-3-5-18/h6-14,18,24H,1-5,22H2,(H,23,25). The zero-order valence-electron chi connectivity index (χ0n) is 14.3. The van der Waals surface area contributed by atoms with Crippen LogP contribution in [0.1, 0.15) is 32.1 Å². The van der Waals surface area contributed by atoms with Crippen molar-refractivity contribution in [3.05, 3.63) is 54.7 Å². The lowest BCUT2D eigenvalue weighted by Gasteiger charge is -2.23. The van der Waals surface area contributed by atoms with Crippen LogP contribution >= 0.6 is 0 Å². The maximum absolute atomic E-state index is 5.75. The summed E-state index contributed by atoms with van der Waals surface area (Å²) in [4.78, 5) is 7.89. The second-order valence-electron chi connectivity index (χ2n) is 6.82. The lowest BCUT2D eigenvalue weighted by atomic mass is 9.95. The van der Waals surface area contributed by atoms with Crippen LogP contribution in [0.5, 0.6) is 0 Å². The molecule has 0 saturated heterocycles. The Morgan fingerprint density at radius 2 is 1.56 bits per heavy atom. The van der Waals surface area contributed by atoms with Gasteiger partial charge in [0.2, 0.25) is 0 Å². The van der Waals surface area contributed by atoms with Crippen molar-refractivity contribution in [1.29, 1.82) is 0 Å². The second kappa shape index (κ2) is 7.01. The maximum Gasteiger partial charge on any atom is 0.137 e. The van der Waals surface area contributed by atoms with Gasteiger partial charge in [0, 0.05) is 23.0 Å². The van der Waals surface area contributed by atoms with Crippen molar-refractivity contribution in [2.45, 2.75) is 38.1 Å². The van der Waals surface area contributed by atoms with Crippen molar-refractivity contribution in [3.8, 4) is 22.6 Å². The normalized spacial score (nSPS) is 15.2. The van der Waals surface area contributed by atoms with Gasteiger partial charge in [-0.25, -0.2) is 4.98 Å². The Labute approximate surface area is 148 Å². The van der Waals surface area contributed by atoms with Gasteiger partial charge in [-0.1, -0.05) is 31.4 Å². The summed E-state index contributed by atoms with van der Waals surface area (Å²) in [6.07, 6.45) is 8.53. The number of nitrogens with zero attached hydrogens (tertiary/aromatic N) is 1. The van der Waals surface area contributed by atoms with Crippen molar-refractivity contribution in [3.63, 3.8) is 0 Å². The lowest BCUT2D eigenvalue weighted by molar-refractivity contribution is 0.463. The Morgan fingerprint density at radius 3 is 2.28 bits per heavy atom. The molecule has 0 aliphatic heterocycles. The number of benzene rings is 2. The van der Waals surface area contributed by atoms with E-state index in [2.05, 4.69) is 39.6 Å². The number of rotatable bonds is 4. The average Bonchev–Trinajstić information content (AvgIpc) is 3.14. The van der Waals surface area contributed by atoms with E-state index < -0.39 is 0 Å². The molecule has 4 rings (SSSR count). The molecule has 1 aliphatic rings. The molecule has 1 heterocycles. The van der Waals surface area contributed by atoms with Crippen LogP contribution in [0, 0.1) is 0 Å². The number of imidazole rings is 1. The van der Waals surface area contributed by atoms with Crippen LogP contribution in [-0.2, 0) is 0 Å². The first kappa shape index (κ1) is 15.8. The maximum atomic E-state index is 5.75. The molecule has 0 amide bonds. The quantitative estimate of drug-likeness (QED) is 0.584. The van der Waals surface area contributed by atoms with E-state index in [0.29, 0.717) is 6.04 Å². The van der Waals surface area contributed by atoms with E-state index in [0.717, 1.165) is 28.3 Å². The van der Waals surface area contributed by atoms with Gasteiger partial charge in [-0.2, -0.15) is 0 Å². The van der Waals surface area contributed by atoms with Crippen LogP contribution in [0.3, 0.4) is 0 Å². The Morgan fingerprint density at radius 1 is 0.880 bits per heavy atom. The van der Waals surface area contributed by atoms with Gasteiger partial charge in [0.15, 0.2) is 0 Å². The summed E-state index contributed by atoms with van der Waals surface area (Å²) in [5.74, 6) is 0.861. The number of hydrogen-bond donors (Lipinski definition) is 3. The molecule has 4 heteroatoms. The minimum absolute atomic E-state index is 0.629. The van der Waals surface area contributed by atoms with Crippen molar-refractivity contribution in [2.75, 3.05) is 11.1 Å². The number of nitrogens with one attached hydrogen (secondary N) is 2. The molecule has 0 bridgehead atoms. The van der Waals surface area contributed by atoms with Crippen LogP contribution in [0.15, 0.2) is 54.7 Å². The highest BCUT2D eigenvalue weighted by atomic mass is 14.9. The summed E-state index contributed by atoms with van der Waals surface area (Å²) in [6.45, 7) is 0. The van der Waals surface area contributed by atoms with Crippen molar-refractivity contribution in [2.24, 2.45) is 0 Å². The Balaban J connectivity index is 1.47. The molecule has 2 aromatic carbocycles. The summed E-state index contributed by atoms with van der Waals surface area (Å²) >= 11 is 0. The summed E-state index contributed by atoms with van der Waals surface area (Å²) < 4.78 is 0. The van der Waals surface area contributed by atoms with Gasteiger partial charge in [-0.3, -0.25) is 0 Å². The highest BCUT2D eigenvalue weighted by Crippen LogP contribution is 2.26. The zero-order chi connectivity index (χ0) is 17.1. The zero-order valence-corrected chi connectivity index (χ0v) is 14.3. The molecule has 0 radical (unpaired) electrons. The molecule has 0 spiro atoms. The fourth-order valence-electron chi connectivity index (χ4n) is 3.48. The van der Waals surface area contributed by atoms with Crippen molar-refractivity contribution < 1.29 is 0 Å². The third-order valence-electron chi connectivity index (χ3n) is 4.93. The summed E-state index contributed by atoms with van der Waals surface area (Å²) in [5.41, 5.74) is 10.9. The van der Waals surface area contributed by atoms with Crippen LogP contribution in [0.25, 0.3) is 22.6 Å². The second-order valence-corrected chi connectivity index (χ2v) is 6.82. The van der Waals surface area contributed by atoms with Gasteiger partial charge in [0.1, 0.15) is 5.82 Å². The van der Waals surface area contributed by atoms with E-state index in [1.165, 1.54) is 37.8 Å². The van der Waals surface area contributed by atoms with Crippen LogP contribution < -0.4 is 11.1 Å². The molecule has 25 heavy (non-hydrogen) atoms. The Bertz CT molecular complexity index is 812. The number of hydrogen-bond acceptors (Lipinski definition) is 3. The highest BCUT2D eigenvalue weighted by molar-refractivity contribution is 5.67. The molecule has 4 nitrogen and oxygen atoms in total. The number of nitrogens with two attached hydrogens (primary N) is 1. The van der Waals surface area contributed by atoms with Gasteiger partial charge in [0.05, 0.1) is 11.9 Å². The summed E-state index contributed by atoms with van der Waals surface area (Å²) in [7, 11) is 0. The lowest BCUT2D eigenvalue weighted by Crippen LogP contribution is -2.22. The number of nitrogen functional groups attached to an aromatic ring is 1. The molecule has 4 N–H and O–H groups in total. The predicted molar refractivity (Wildman–Crippen MR) is 104 cm³/mol. The molecular formula is C21H24N4. The van der Waals surface area contributed by atoms with E-state index in [-0.39, 0.29) is 0 Å².